The van der Waals surface area contributed by atoms with Gasteiger partial charge in [0.2, 0.25) is 0 Å². The van der Waals surface area contributed by atoms with Crippen LogP contribution in [0.2, 0.25) is 5.02 Å². The normalized spacial score (nSPS) is 13.0. The summed E-state index contributed by atoms with van der Waals surface area (Å²) < 4.78 is 11.8. The van der Waals surface area contributed by atoms with Crippen molar-refractivity contribution in [3.8, 4) is 11.5 Å². The highest BCUT2D eigenvalue weighted by Crippen LogP contribution is 2.38. The second-order valence-corrected chi connectivity index (χ2v) is 7.13. The number of amides is 1. The van der Waals surface area contributed by atoms with E-state index in [9.17, 15) is 14.9 Å². The van der Waals surface area contributed by atoms with E-state index in [-0.39, 0.29) is 17.8 Å². The van der Waals surface area contributed by atoms with Crippen LogP contribution in [-0.2, 0) is 6.54 Å². The van der Waals surface area contributed by atoms with Gasteiger partial charge in [-0.3, -0.25) is 14.9 Å². The maximum Gasteiger partial charge on any atom is 0.270 e. The van der Waals surface area contributed by atoms with E-state index in [0.717, 1.165) is 12.0 Å². The molecule has 0 saturated carbocycles. The Labute approximate surface area is 167 Å². The van der Waals surface area contributed by atoms with E-state index in [1.54, 1.807) is 12.1 Å². The van der Waals surface area contributed by atoms with E-state index in [1.165, 1.54) is 18.2 Å². The summed E-state index contributed by atoms with van der Waals surface area (Å²) in [5, 5.41) is 14.1. The third-order valence-electron chi connectivity index (χ3n) is 3.72. The molecule has 1 N–H and O–H groups in total. The Morgan fingerprint density at radius 3 is 2.81 bits per heavy atom. The molecule has 0 bridgehead atoms. The van der Waals surface area contributed by atoms with Gasteiger partial charge in [0.15, 0.2) is 11.5 Å². The maximum atomic E-state index is 12.4. The number of nitrogens with zero attached hydrogens (tertiary/aromatic N) is 1. The van der Waals surface area contributed by atoms with Crippen molar-refractivity contribution in [1.82, 2.24) is 5.32 Å². The van der Waals surface area contributed by atoms with Crippen LogP contribution in [-0.4, -0.2) is 24.0 Å². The second-order valence-electron chi connectivity index (χ2n) is 5.56. The molecule has 0 spiro atoms. The monoisotopic (exact) mass is 488 g/mol. The minimum Gasteiger partial charge on any atom is -0.489 e. The Morgan fingerprint density at radius 2 is 2.04 bits per heavy atom. The van der Waals surface area contributed by atoms with Gasteiger partial charge in [-0.15, -0.1) is 0 Å². The maximum absolute atomic E-state index is 12.4. The largest absolute Gasteiger partial charge is 0.489 e. The molecule has 1 aliphatic heterocycles. The Kier molecular flexibility index (Phi) is 5.82. The zero-order valence-corrected chi connectivity index (χ0v) is 16.4. The molecule has 0 atom stereocenters. The van der Waals surface area contributed by atoms with E-state index in [1.807, 2.05) is 22.6 Å². The van der Waals surface area contributed by atoms with Gasteiger partial charge in [-0.2, -0.15) is 0 Å². The lowest BCUT2D eigenvalue weighted by Crippen LogP contribution is -2.23. The van der Waals surface area contributed by atoms with Gasteiger partial charge < -0.3 is 14.8 Å². The predicted molar refractivity (Wildman–Crippen MR) is 104 cm³/mol. The van der Waals surface area contributed by atoms with E-state index < -0.39 is 10.8 Å². The number of hydrogen-bond donors (Lipinski definition) is 1. The van der Waals surface area contributed by atoms with Gasteiger partial charge in [0.25, 0.3) is 11.6 Å². The molecule has 3 rings (SSSR count). The summed E-state index contributed by atoms with van der Waals surface area (Å²) >= 11 is 8.21. The average Bonchev–Trinajstić information content (AvgIpc) is 2.85. The molecule has 1 amide bonds. The van der Waals surface area contributed by atoms with Crippen LogP contribution in [0.4, 0.5) is 5.69 Å². The highest BCUT2D eigenvalue weighted by molar-refractivity contribution is 14.1. The van der Waals surface area contributed by atoms with Gasteiger partial charge in [0, 0.05) is 28.7 Å². The topological polar surface area (TPSA) is 90.7 Å². The molecular weight excluding hydrogens is 475 g/mol. The summed E-state index contributed by atoms with van der Waals surface area (Å²) in [6.07, 6.45) is 0.766. The first-order valence-corrected chi connectivity index (χ1v) is 9.21. The Bertz CT molecular complexity index is 874. The molecule has 0 fully saturated rings. The molecule has 0 aliphatic carbocycles. The summed E-state index contributed by atoms with van der Waals surface area (Å²) in [6, 6.07) is 7.64. The van der Waals surface area contributed by atoms with Crippen LogP contribution < -0.4 is 14.8 Å². The molecule has 2 aromatic carbocycles. The Hall–Kier alpha value is -2.07. The average molecular weight is 489 g/mol. The van der Waals surface area contributed by atoms with Gasteiger partial charge >= 0.3 is 0 Å². The van der Waals surface area contributed by atoms with E-state index in [0.29, 0.717) is 33.3 Å². The first kappa shape index (κ1) is 18.7. The minimum atomic E-state index is -0.531. The van der Waals surface area contributed by atoms with Gasteiger partial charge in [-0.05, 0) is 46.4 Å². The van der Waals surface area contributed by atoms with Crippen molar-refractivity contribution in [2.75, 3.05) is 13.2 Å². The number of fused-ring (bicyclic) bond motifs is 1. The van der Waals surface area contributed by atoms with Crippen molar-refractivity contribution < 1.29 is 19.2 Å². The Balaban J connectivity index is 1.76. The number of hydrogen-bond acceptors (Lipinski definition) is 5. The fourth-order valence-electron chi connectivity index (χ4n) is 2.46. The number of halogens is 2. The summed E-state index contributed by atoms with van der Waals surface area (Å²) in [5.74, 6) is 0.651. The predicted octanol–water partition coefficient (Wildman–Crippen LogP) is 3.94. The van der Waals surface area contributed by atoms with Crippen molar-refractivity contribution in [2.45, 2.75) is 13.0 Å². The van der Waals surface area contributed by atoms with Gasteiger partial charge in [-0.25, -0.2) is 0 Å². The van der Waals surface area contributed by atoms with E-state index in [4.69, 9.17) is 21.1 Å². The number of rotatable bonds is 4. The van der Waals surface area contributed by atoms with Crippen molar-refractivity contribution >= 4 is 45.8 Å². The lowest BCUT2D eigenvalue weighted by atomic mass is 10.1. The zero-order valence-electron chi connectivity index (χ0n) is 13.5. The van der Waals surface area contributed by atoms with Crippen molar-refractivity contribution in [3.63, 3.8) is 0 Å². The molecule has 0 radical (unpaired) electrons. The van der Waals surface area contributed by atoms with Crippen LogP contribution in [0, 0.1) is 13.7 Å². The Morgan fingerprint density at radius 1 is 1.27 bits per heavy atom. The molecule has 9 heteroatoms. The second kappa shape index (κ2) is 8.09. The number of nitro benzene ring substituents is 1. The zero-order chi connectivity index (χ0) is 18.7. The van der Waals surface area contributed by atoms with E-state index >= 15 is 0 Å². The molecule has 26 heavy (non-hydrogen) atoms. The lowest BCUT2D eigenvalue weighted by molar-refractivity contribution is -0.384. The highest BCUT2D eigenvalue weighted by atomic mass is 127. The molecular formula is C17H14ClIN2O5. The van der Waals surface area contributed by atoms with Crippen molar-refractivity contribution in [1.29, 1.82) is 0 Å². The summed E-state index contributed by atoms with van der Waals surface area (Å²) in [6.45, 7) is 1.27. The number of carbonyl (C=O) groups excluding carboxylic acids is 1. The van der Waals surface area contributed by atoms with Gasteiger partial charge in [-0.1, -0.05) is 11.6 Å². The van der Waals surface area contributed by atoms with Crippen LogP contribution >= 0.6 is 34.2 Å². The number of carbonyl (C=O) groups is 1. The summed E-state index contributed by atoms with van der Waals surface area (Å²) in [5.41, 5.74) is 0.863. The first-order chi connectivity index (χ1) is 12.5. The van der Waals surface area contributed by atoms with Crippen LogP contribution in [0.25, 0.3) is 0 Å². The fourth-order valence-corrected chi connectivity index (χ4v) is 3.33. The molecule has 1 aliphatic rings. The lowest BCUT2D eigenvalue weighted by Gasteiger charge is -2.12. The van der Waals surface area contributed by atoms with Crippen LogP contribution in [0.3, 0.4) is 0 Å². The third kappa shape index (κ3) is 4.18. The van der Waals surface area contributed by atoms with Gasteiger partial charge in [0.05, 0.1) is 28.7 Å². The standard InChI is InChI=1S/C17H14ClIN2O5/c18-13-6-10(7-15-16(13)26-5-1-4-25-15)9-20-17(22)12-8-11(21(23)24)2-3-14(12)19/h2-3,6-8H,1,4-5,9H2,(H,20,22). The number of nitro groups is 1. The summed E-state index contributed by atoms with van der Waals surface area (Å²) in [4.78, 5) is 22.8. The van der Waals surface area contributed by atoms with Crippen molar-refractivity contribution in [3.05, 3.63) is 60.2 Å². The number of non-ortho nitro benzene ring substituents is 1. The molecule has 0 aromatic heterocycles. The molecule has 7 nitrogen and oxygen atoms in total. The van der Waals surface area contributed by atoms with Crippen molar-refractivity contribution in [2.24, 2.45) is 0 Å². The van der Waals surface area contributed by atoms with E-state index in [2.05, 4.69) is 5.32 Å². The van der Waals surface area contributed by atoms with Crippen LogP contribution in [0.15, 0.2) is 30.3 Å². The fraction of sp³-hybridized carbons (Fsp3) is 0.235. The molecule has 1 heterocycles. The van der Waals surface area contributed by atoms with Crippen LogP contribution in [0.1, 0.15) is 22.3 Å². The third-order valence-corrected chi connectivity index (χ3v) is 4.94. The highest BCUT2D eigenvalue weighted by Gasteiger charge is 2.18. The number of ether oxygens (including phenoxy) is 2. The smallest absolute Gasteiger partial charge is 0.270 e. The molecule has 136 valence electrons. The van der Waals surface area contributed by atoms with Crippen LogP contribution in [0.5, 0.6) is 11.5 Å². The first-order valence-electron chi connectivity index (χ1n) is 7.76. The quantitative estimate of drug-likeness (QED) is 0.400. The van der Waals surface area contributed by atoms with Gasteiger partial charge in [0.1, 0.15) is 0 Å². The molecule has 2 aromatic rings. The molecule has 0 unspecified atom stereocenters. The number of nitrogens with one attached hydrogen (secondary N) is 1. The SMILES string of the molecule is O=C(NCc1cc(Cl)c2c(c1)OCCCO2)c1cc([N+](=O)[O-])ccc1I. The number of benzene rings is 2. The minimum absolute atomic E-state index is 0.130. The molecule has 0 saturated heterocycles. The summed E-state index contributed by atoms with van der Waals surface area (Å²) in [7, 11) is 0.